The Balaban J connectivity index is 2.08. The molecule has 1 atom stereocenters. The molecular formula is C16H17F6NO3S. The minimum Gasteiger partial charge on any atom is -0.381 e. The van der Waals surface area contributed by atoms with Crippen LogP contribution in [-0.2, 0) is 27.0 Å². The van der Waals surface area contributed by atoms with Crippen molar-refractivity contribution in [1.82, 2.24) is 4.90 Å². The van der Waals surface area contributed by atoms with Crippen molar-refractivity contribution >= 4 is 10.1 Å². The Morgan fingerprint density at radius 1 is 1.11 bits per heavy atom. The standard InChI is InChI=1S/C16H17F6NO3S/c1-2-12-10-23(8-7-14(12)26-27(24,25)16(20,21)22)9-11-3-5-13(6-4-11)15(17,18)19/h3-7,12H,2,8-10H2,1H3. The normalized spacial score (nSPS) is 19.7. The summed E-state index contributed by atoms with van der Waals surface area (Å²) in [6, 6.07) is 4.56. The van der Waals surface area contributed by atoms with Gasteiger partial charge in [-0.05, 0) is 30.2 Å². The first-order chi connectivity index (χ1) is 12.3. The zero-order valence-electron chi connectivity index (χ0n) is 14.1. The van der Waals surface area contributed by atoms with Crippen LogP contribution < -0.4 is 0 Å². The van der Waals surface area contributed by atoms with Crippen LogP contribution in [0.15, 0.2) is 36.1 Å². The second-order valence-corrected chi connectivity index (χ2v) is 7.62. The van der Waals surface area contributed by atoms with Gasteiger partial charge in [-0.25, -0.2) is 0 Å². The SMILES string of the molecule is CCC1CN(Cc2ccc(C(F)(F)F)cc2)CC=C1OS(=O)(=O)C(F)(F)F. The van der Waals surface area contributed by atoms with Gasteiger partial charge in [-0.3, -0.25) is 4.90 Å². The monoisotopic (exact) mass is 417 g/mol. The second-order valence-electron chi connectivity index (χ2n) is 6.08. The summed E-state index contributed by atoms with van der Waals surface area (Å²) >= 11 is 0. The lowest BCUT2D eigenvalue weighted by Crippen LogP contribution is -2.36. The molecule has 2 rings (SSSR count). The Morgan fingerprint density at radius 3 is 2.19 bits per heavy atom. The van der Waals surface area contributed by atoms with Gasteiger partial charge in [0.05, 0.1) is 5.56 Å². The lowest BCUT2D eigenvalue weighted by molar-refractivity contribution is -0.137. The summed E-state index contributed by atoms with van der Waals surface area (Å²) in [6.07, 6.45) is -2.84. The third-order valence-corrected chi connectivity index (χ3v) is 5.08. The van der Waals surface area contributed by atoms with Gasteiger partial charge in [-0.2, -0.15) is 34.8 Å². The van der Waals surface area contributed by atoms with Crippen LogP contribution >= 0.6 is 0 Å². The highest BCUT2D eigenvalue weighted by Crippen LogP contribution is 2.32. The van der Waals surface area contributed by atoms with Gasteiger partial charge in [-0.1, -0.05) is 19.1 Å². The topological polar surface area (TPSA) is 46.6 Å². The summed E-state index contributed by atoms with van der Waals surface area (Å²) in [6.45, 7) is 2.27. The number of rotatable bonds is 5. The zero-order chi connectivity index (χ0) is 20.5. The first-order valence-electron chi connectivity index (χ1n) is 7.92. The summed E-state index contributed by atoms with van der Waals surface area (Å²) in [7, 11) is -5.73. The predicted molar refractivity (Wildman–Crippen MR) is 84.6 cm³/mol. The minimum absolute atomic E-state index is 0.111. The highest BCUT2D eigenvalue weighted by molar-refractivity contribution is 7.87. The molecule has 0 radical (unpaired) electrons. The van der Waals surface area contributed by atoms with E-state index in [1.165, 1.54) is 18.2 Å². The van der Waals surface area contributed by atoms with Crippen LogP contribution in [0.4, 0.5) is 26.3 Å². The fourth-order valence-corrected chi connectivity index (χ4v) is 3.21. The Hall–Kier alpha value is -1.75. The van der Waals surface area contributed by atoms with Crippen molar-refractivity contribution in [2.24, 2.45) is 5.92 Å². The molecule has 27 heavy (non-hydrogen) atoms. The third kappa shape index (κ3) is 5.38. The van der Waals surface area contributed by atoms with Gasteiger partial charge in [-0.15, -0.1) is 0 Å². The molecule has 0 saturated carbocycles. The smallest absolute Gasteiger partial charge is 0.381 e. The van der Waals surface area contributed by atoms with Crippen LogP contribution in [0, 0.1) is 5.92 Å². The Kier molecular flexibility index (Phi) is 6.15. The number of halogens is 6. The minimum atomic E-state index is -5.73. The molecule has 1 aliphatic rings. The molecule has 1 aromatic rings. The van der Waals surface area contributed by atoms with E-state index in [1.54, 1.807) is 11.8 Å². The van der Waals surface area contributed by atoms with E-state index < -0.39 is 33.3 Å². The molecule has 1 heterocycles. The molecule has 0 bridgehead atoms. The first-order valence-corrected chi connectivity index (χ1v) is 9.33. The van der Waals surface area contributed by atoms with Crippen molar-refractivity contribution in [2.45, 2.75) is 31.6 Å². The van der Waals surface area contributed by atoms with E-state index in [9.17, 15) is 34.8 Å². The molecule has 0 fully saturated rings. The van der Waals surface area contributed by atoms with E-state index in [1.807, 2.05) is 0 Å². The lowest BCUT2D eigenvalue weighted by Gasteiger charge is -2.32. The molecule has 11 heteroatoms. The van der Waals surface area contributed by atoms with Crippen LogP contribution in [-0.4, -0.2) is 31.9 Å². The average molecular weight is 417 g/mol. The van der Waals surface area contributed by atoms with E-state index in [4.69, 9.17) is 0 Å². The molecule has 1 aliphatic heterocycles. The summed E-state index contributed by atoms with van der Waals surface area (Å²) in [5, 5.41) is 0. The fourth-order valence-electron chi connectivity index (χ4n) is 2.65. The second kappa shape index (κ2) is 7.70. The van der Waals surface area contributed by atoms with Crippen molar-refractivity contribution in [1.29, 1.82) is 0 Å². The van der Waals surface area contributed by atoms with Gasteiger partial charge in [0.1, 0.15) is 5.76 Å². The number of alkyl halides is 6. The molecule has 4 nitrogen and oxygen atoms in total. The van der Waals surface area contributed by atoms with Crippen LogP contribution in [0.25, 0.3) is 0 Å². The van der Waals surface area contributed by atoms with E-state index in [0.717, 1.165) is 12.1 Å². The molecule has 0 N–H and O–H groups in total. The molecule has 0 amide bonds. The van der Waals surface area contributed by atoms with Gasteiger partial charge in [0, 0.05) is 25.6 Å². The van der Waals surface area contributed by atoms with Crippen molar-refractivity contribution < 1.29 is 38.9 Å². The molecule has 1 unspecified atom stereocenters. The molecule has 1 aromatic carbocycles. The van der Waals surface area contributed by atoms with Crippen LogP contribution in [0.1, 0.15) is 24.5 Å². The van der Waals surface area contributed by atoms with Crippen molar-refractivity contribution in [3.63, 3.8) is 0 Å². The average Bonchev–Trinajstić information content (AvgIpc) is 2.54. The van der Waals surface area contributed by atoms with Crippen molar-refractivity contribution in [3.8, 4) is 0 Å². The predicted octanol–water partition coefficient (Wildman–Crippen LogP) is 4.30. The van der Waals surface area contributed by atoms with E-state index in [-0.39, 0.29) is 25.4 Å². The Morgan fingerprint density at radius 2 is 1.70 bits per heavy atom. The summed E-state index contributed by atoms with van der Waals surface area (Å²) < 4.78 is 102. The largest absolute Gasteiger partial charge is 0.534 e. The van der Waals surface area contributed by atoms with Crippen molar-refractivity contribution in [2.75, 3.05) is 13.1 Å². The lowest BCUT2D eigenvalue weighted by atomic mass is 9.99. The first kappa shape index (κ1) is 21.5. The number of hydrogen-bond donors (Lipinski definition) is 0. The zero-order valence-corrected chi connectivity index (χ0v) is 15.0. The summed E-state index contributed by atoms with van der Waals surface area (Å²) in [5.74, 6) is -0.844. The maximum absolute atomic E-state index is 12.6. The molecular weight excluding hydrogens is 400 g/mol. The summed E-state index contributed by atoms with van der Waals surface area (Å²) in [5.41, 5.74) is -5.69. The molecule has 152 valence electrons. The van der Waals surface area contributed by atoms with Gasteiger partial charge in [0.2, 0.25) is 0 Å². The Bertz CT molecular complexity index is 784. The number of nitrogens with zero attached hydrogens (tertiary/aromatic N) is 1. The van der Waals surface area contributed by atoms with Crippen LogP contribution in [0.2, 0.25) is 0 Å². The fraction of sp³-hybridized carbons (Fsp3) is 0.500. The van der Waals surface area contributed by atoms with Gasteiger partial charge >= 0.3 is 21.8 Å². The number of benzene rings is 1. The maximum atomic E-state index is 12.6. The highest BCUT2D eigenvalue weighted by Gasteiger charge is 2.49. The molecule has 0 saturated heterocycles. The van der Waals surface area contributed by atoms with Gasteiger partial charge in [0.25, 0.3) is 0 Å². The van der Waals surface area contributed by atoms with Crippen LogP contribution in [0.3, 0.4) is 0 Å². The van der Waals surface area contributed by atoms with Crippen molar-refractivity contribution in [3.05, 3.63) is 47.2 Å². The maximum Gasteiger partial charge on any atom is 0.534 e. The van der Waals surface area contributed by atoms with Gasteiger partial charge < -0.3 is 4.18 Å². The highest BCUT2D eigenvalue weighted by atomic mass is 32.2. The number of hydrogen-bond acceptors (Lipinski definition) is 4. The van der Waals surface area contributed by atoms with Crippen LogP contribution in [0.5, 0.6) is 0 Å². The molecule has 0 aromatic heterocycles. The molecule has 0 aliphatic carbocycles. The van der Waals surface area contributed by atoms with E-state index in [2.05, 4.69) is 4.18 Å². The van der Waals surface area contributed by atoms with E-state index in [0.29, 0.717) is 12.0 Å². The molecule has 0 spiro atoms. The van der Waals surface area contributed by atoms with E-state index >= 15 is 0 Å². The summed E-state index contributed by atoms with van der Waals surface area (Å²) in [4.78, 5) is 1.78. The quantitative estimate of drug-likeness (QED) is 0.407. The Labute approximate surface area is 152 Å². The third-order valence-electron chi connectivity index (χ3n) is 4.10. The van der Waals surface area contributed by atoms with Gasteiger partial charge in [0.15, 0.2) is 0 Å².